The molecule has 110 valence electrons. The van der Waals surface area contributed by atoms with Crippen molar-refractivity contribution in [1.29, 1.82) is 0 Å². The first-order chi connectivity index (χ1) is 8.89. The van der Waals surface area contributed by atoms with Crippen LogP contribution in [-0.4, -0.2) is 46.8 Å². The van der Waals surface area contributed by atoms with Gasteiger partial charge in [0.2, 0.25) is 0 Å². The van der Waals surface area contributed by atoms with Gasteiger partial charge < -0.3 is 9.84 Å². The number of β-amino-alcohol motifs (C(OH)–C–C–N with tert-alkyl or cyclic N) is 1. The number of aliphatic hydroxyl groups is 1. The van der Waals surface area contributed by atoms with Gasteiger partial charge in [0.05, 0.1) is 18.1 Å². The van der Waals surface area contributed by atoms with Gasteiger partial charge >= 0.3 is 5.97 Å². The molecule has 4 nitrogen and oxygen atoms in total. The van der Waals surface area contributed by atoms with Crippen molar-refractivity contribution in [2.45, 2.75) is 64.6 Å². The minimum absolute atomic E-state index is 0.0930. The predicted octanol–water partition coefficient (Wildman–Crippen LogP) is 1.81. The Balaban J connectivity index is 2.13. The van der Waals surface area contributed by atoms with Crippen molar-refractivity contribution >= 4 is 5.97 Å². The van der Waals surface area contributed by atoms with Gasteiger partial charge in [0.25, 0.3) is 0 Å². The molecule has 1 saturated heterocycles. The summed E-state index contributed by atoms with van der Waals surface area (Å²) in [5, 5.41) is 11.0. The summed E-state index contributed by atoms with van der Waals surface area (Å²) in [6.07, 6.45) is 3.13. The molecule has 0 aromatic heterocycles. The first-order valence-corrected chi connectivity index (χ1v) is 7.53. The second-order valence-corrected chi connectivity index (χ2v) is 6.53. The maximum absolute atomic E-state index is 12.2. The van der Waals surface area contributed by atoms with Gasteiger partial charge in [0, 0.05) is 18.6 Å². The average molecular weight is 269 g/mol. The van der Waals surface area contributed by atoms with E-state index in [0.29, 0.717) is 31.7 Å². The Bertz CT molecular complexity index is 340. The molecule has 0 amide bonds. The summed E-state index contributed by atoms with van der Waals surface area (Å²) >= 11 is 0. The topological polar surface area (TPSA) is 49.8 Å². The van der Waals surface area contributed by atoms with Gasteiger partial charge in [0.15, 0.2) is 0 Å². The number of carbonyl (C=O) groups excluding carboxylic acids is 1. The van der Waals surface area contributed by atoms with E-state index in [-0.39, 0.29) is 11.9 Å². The Labute approximate surface area is 116 Å². The lowest BCUT2D eigenvalue weighted by atomic mass is 9.78. The van der Waals surface area contributed by atoms with E-state index < -0.39 is 11.5 Å². The highest BCUT2D eigenvalue weighted by Gasteiger charge is 2.53. The van der Waals surface area contributed by atoms with Gasteiger partial charge in [-0.25, -0.2) is 0 Å². The first kappa shape index (κ1) is 14.8. The largest absolute Gasteiger partial charge is 0.466 e. The van der Waals surface area contributed by atoms with Crippen LogP contribution in [0.3, 0.4) is 0 Å². The number of ether oxygens (including phenoxy) is 1. The molecule has 0 spiro atoms. The number of likely N-dealkylation sites (tertiary alicyclic amines) is 1. The van der Waals surface area contributed by atoms with Crippen LogP contribution >= 0.6 is 0 Å². The van der Waals surface area contributed by atoms with E-state index in [1.807, 2.05) is 20.8 Å². The van der Waals surface area contributed by atoms with E-state index in [1.54, 1.807) is 0 Å². The van der Waals surface area contributed by atoms with Gasteiger partial charge in [-0.3, -0.25) is 9.69 Å². The third kappa shape index (κ3) is 2.95. The van der Waals surface area contributed by atoms with E-state index in [4.69, 9.17) is 4.74 Å². The molecule has 1 aliphatic carbocycles. The zero-order valence-corrected chi connectivity index (χ0v) is 12.6. The molecule has 3 atom stereocenters. The van der Waals surface area contributed by atoms with Crippen molar-refractivity contribution in [1.82, 2.24) is 4.90 Å². The Morgan fingerprint density at radius 1 is 1.47 bits per heavy atom. The van der Waals surface area contributed by atoms with Crippen molar-refractivity contribution in [3.63, 3.8) is 0 Å². The summed E-state index contributed by atoms with van der Waals surface area (Å²) in [4.78, 5) is 14.5. The summed E-state index contributed by atoms with van der Waals surface area (Å²) in [5.74, 6) is -0.570. The molecule has 1 saturated carbocycles. The van der Waals surface area contributed by atoms with Crippen LogP contribution in [-0.2, 0) is 9.53 Å². The molecule has 0 radical (unpaired) electrons. The van der Waals surface area contributed by atoms with Crippen LogP contribution in [0.15, 0.2) is 0 Å². The van der Waals surface area contributed by atoms with Crippen LogP contribution in [0, 0.1) is 11.8 Å². The lowest BCUT2D eigenvalue weighted by molar-refractivity contribution is -0.161. The molecule has 2 rings (SSSR count). The van der Waals surface area contributed by atoms with Crippen molar-refractivity contribution in [2.24, 2.45) is 11.8 Å². The summed E-state index contributed by atoms with van der Waals surface area (Å²) < 4.78 is 5.17. The van der Waals surface area contributed by atoms with Crippen LogP contribution in [0.4, 0.5) is 0 Å². The van der Waals surface area contributed by atoms with Crippen molar-refractivity contribution in [2.75, 3.05) is 13.2 Å². The van der Waals surface area contributed by atoms with Gasteiger partial charge in [-0.1, -0.05) is 13.8 Å². The van der Waals surface area contributed by atoms with E-state index in [2.05, 4.69) is 11.8 Å². The third-order valence-electron chi connectivity index (χ3n) is 4.47. The normalized spacial score (nSPS) is 33.7. The first-order valence-electron chi connectivity index (χ1n) is 7.53. The number of hydrogen-bond acceptors (Lipinski definition) is 4. The number of hydrogen-bond donors (Lipinski definition) is 1. The molecule has 0 aromatic carbocycles. The summed E-state index contributed by atoms with van der Waals surface area (Å²) in [6.45, 7) is 8.93. The van der Waals surface area contributed by atoms with Crippen molar-refractivity contribution < 1.29 is 14.6 Å². The molecule has 19 heavy (non-hydrogen) atoms. The molecule has 0 aromatic rings. The Morgan fingerprint density at radius 3 is 2.58 bits per heavy atom. The maximum Gasteiger partial charge on any atom is 0.312 e. The molecule has 2 fully saturated rings. The van der Waals surface area contributed by atoms with Gasteiger partial charge in [-0.2, -0.15) is 0 Å². The van der Waals surface area contributed by atoms with Crippen LogP contribution < -0.4 is 0 Å². The molecule has 3 unspecified atom stereocenters. The quantitative estimate of drug-likeness (QED) is 0.773. The van der Waals surface area contributed by atoms with Crippen molar-refractivity contribution in [3.05, 3.63) is 0 Å². The Morgan fingerprint density at radius 2 is 2.11 bits per heavy atom. The lowest BCUT2D eigenvalue weighted by Gasteiger charge is -2.33. The van der Waals surface area contributed by atoms with E-state index >= 15 is 0 Å². The highest BCUT2D eigenvalue weighted by Crippen LogP contribution is 2.42. The second-order valence-electron chi connectivity index (χ2n) is 6.53. The Kier molecular flexibility index (Phi) is 4.21. The highest BCUT2D eigenvalue weighted by atomic mass is 16.5. The summed E-state index contributed by atoms with van der Waals surface area (Å²) in [6, 6.07) is 0.979. The third-order valence-corrected chi connectivity index (χ3v) is 4.47. The minimum atomic E-state index is -0.928. The standard InChI is InChI=1S/C15H27NO3/c1-5-19-14(17)13(10(2)3)15(18)8-11(4)16(9-15)12-6-7-12/h10-13,18H,5-9H2,1-4H3. The maximum atomic E-state index is 12.2. The van der Waals surface area contributed by atoms with Crippen molar-refractivity contribution in [3.8, 4) is 0 Å². The molecule has 1 heterocycles. The zero-order chi connectivity index (χ0) is 14.2. The average Bonchev–Trinajstić information content (AvgIpc) is 3.05. The van der Waals surface area contributed by atoms with E-state index in [0.717, 1.165) is 0 Å². The van der Waals surface area contributed by atoms with Crippen LogP contribution in [0.5, 0.6) is 0 Å². The monoisotopic (exact) mass is 269 g/mol. The van der Waals surface area contributed by atoms with Crippen LogP contribution in [0.25, 0.3) is 0 Å². The SMILES string of the molecule is CCOC(=O)C(C(C)C)C1(O)CC(C)N(C2CC2)C1. The molecule has 0 bridgehead atoms. The predicted molar refractivity (Wildman–Crippen MR) is 73.7 cm³/mol. The fourth-order valence-electron chi connectivity index (χ4n) is 3.63. The Hall–Kier alpha value is -0.610. The molecular formula is C15H27NO3. The van der Waals surface area contributed by atoms with Gasteiger partial charge in [-0.15, -0.1) is 0 Å². The van der Waals surface area contributed by atoms with Crippen LogP contribution in [0.1, 0.15) is 47.0 Å². The summed E-state index contributed by atoms with van der Waals surface area (Å²) in [7, 11) is 0. The molecule has 2 aliphatic rings. The van der Waals surface area contributed by atoms with E-state index in [9.17, 15) is 9.90 Å². The number of nitrogens with zero attached hydrogens (tertiary/aromatic N) is 1. The number of carbonyl (C=O) groups is 1. The molecule has 1 N–H and O–H groups in total. The fourth-order valence-corrected chi connectivity index (χ4v) is 3.63. The summed E-state index contributed by atoms with van der Waals surface area (Å²) in [5.41, 5.74) is -0.928. The fraction of sp³-hybridized carbons (Fsp3) is 0.933. The zero-order valence-electron chi connectivity index (χ0n) is 12.6. The lowest BCUT2D eigenvalue weighted by Crippen LogP contribution is -2.48. The highest BCUT2D eigenvalue weighted by molar-refractivity contribution is 5.74. The molecular weight excluding hydrogens is 242 g/mol. The molecule has 1 aliphatic heterocycles. The van der Waals surface area contributed by atoms with E-state index in [1.165, 1.54) is 12.8 Å². The second kappa shape index (κ2) is 5.41. The molecule has 4 heteroatoms. The van der Waals surface area contributed by atoms with Gasteiger partial charge in [0.1, 0.15) is 0 Å². The number of rotatable bonds is 5. The number of esters is 1. The minimum Gasteiger partial charge on any atom is -0.466 e. The smallest absolute Gasteiger partial charge is 0.312 e. The van der Waals surface area contributed by atoms with Gasteiger partial charge in [-0.05, 0) is 39.0 Å². The van der Waals surface area contributed by atoms with Crippen LogP contribution in [0.2, 0.25) is 0 Å².